The van der Waals surface area contributed by atoms with E-state index in [1.54, 1.807) is 0 Å². The van der Waals surface area contributed by atoms with Crippen molar-refractivity contribution in [2.45, 2.75) is 0 Å². The van der Waals surface area contributed by atoms with Crippen LogP contribution in [0.25, 0.3) is 76.5 Å². The van der Waals surface area contributed by atoms with Crippen molar-refractivity contribution in [1.29, 1.82) is 0 Å². The predicted molar refractivity (Wildman–Crippen MR) is 227 cm³/mol. The molecule has 10 aromatic carbocycles. The van der Waals surface area contributed by atoms with Crippen molar-refractivity contribution in [3.8, 4) is 33.4 Å². The molecule has 0 aromatic heterocycles. The first-order valence-electron chi connectivity index (χ1n) is 18.3. The molecule has 0 unspecified atom stereocenters. The summed E-state index contributed by atoms with van der Waals surface area (Å²) in [6, 6.07) is 77.2. The summed E-state index contributed by atoms with van der Waals surface area (Å²) in [5, 5.41) is 10.2. The molecule has 0 saturated carbocycles. The van der Waals surface area contributed by atoms with Crippen molar-refractivity contribution >= 4 is 60.2 Å². The van der Waals surface area contributed by atoms with Gasteiger partial charge in [-0.3, -0.25) is 0 Å². The first kappa shape index (κ1) is 30.8. The second-order valence-corrected chi connectivity index (χ2v) is 13.8. The molecular weight excluding hydrogens is 639 g/mol. The van der Waals surface area contributed by atoms with Gasteiger partial charge in [-0.05, 0) is 125 Å². The zero-order valence-corrected chi connectivity index (χ0v) is 29.2. The van der Waals surface area contributed by atoms with E-state index >= 15 is 0 Å². The highest BCUT2D eigenvalue weighted by atomic mass is 15.1. The van der Waals surface area contributed by atoms with Crippen molar-refractivity contribution in [2.24, 2.45) is 0 Å². The fraction of sp³-hybridized carbons (Fsp3) is 0. The van der Waals surface area contributed by atoms with E-state index in [0.717, 1.165) is 17.1 Å². The zero-order chi connectivity index (χ0) is 35.1. The Hall–Kier alpha value is -6.96. The number of anilines is 3. The number of hydrogen-bond donors (Lipinski definition) is 0. The number of nitrogens with zero attached hydrogens (tertiary/aromatic N) is 1. The maximum absolute atomic E-state index is 2.37. The number of rotatable bonds is 6. The van der Waals surface area contributed by atoms with Crippen molar-refractivity contribution in [3.63, 3.8) is 0 Å². The van der Waals surface area contributed by atoms with E-state index in [-0.39, 0.29) is 0 Å². The zero-order valence-electron chi connectivity index (χ0n) is 29.2. The fourth-order valence-electron chi connectivity index (χ4n) is 7.98. The third-order valence-corrected chi connectivity index (χ3v) is 10.6. The SMILES string of the molecule is c1ccc(-c2cccc(N(c3ccc(-c4ccc5ccccc5c4)cc3)c3ccc(-c4cc5ccc6ccccc6c5c5ccccc45)cc3)c2)cc1. The average Bonchev–Trinajstić information content (AvgIpc) is 3.24. The Bertz CT molecular complexity index is 2920. The van der Waals surface area contributed by atoms with Crippen molar-refractivity contribution in [3.05, 3.63) is 212 Å². The van der Waals surface area contributed by atoms with Crippen LogP contribution in [0.1, 0.15) is 0 Å². The summed E-state index contributed by atoms with van der Waals surface area (Å²) in [5.74, 6) is 0. The third kappa shape index (κ3) is 5.60. The molecule has 0 amide bonds. The second kappa shape index (κ2) is 13.0. The summed E-state index contributed by atoms with van der Waals surface area (Å²) in [5.41, 5.74) is 10.6. The first-order valence-corrected chi connectivity index (χ1v) is 18.3. The lowest BCUT2D eigenvalue weighted by Crippen LogP contribution is -2.10. The standard InChI is InChI=1S/C52H35N/c1-2-11-36(12-3-1)42-16-10-17-47(34-42)53(45-29-25-38(26-30-45)43-23-21-37-13-4-5-15-41(37)33-43)46-31-27-40(28-32-46)51-35-44-24-22-39-14-6-7-18-48(39)52(44)50-20-9-8-19-49(50)51/h1-35H. The van der Waals surface area contributed by atoms with E-state index in [4.69, 9.17) is 0 Å². The van der Waals surface area contributed by atoms with Gasteiger partial charge in [-0.25, -0.2) is 0 Å². The molecule has 0 radical (unpaired) electrons. The van der Waals surface area contributed by atoms with Crippen molar-refractivity contribution in [2.75, 3.05) is 4.90 Å². The molecular formula is C52H35N. The molecule has 0 fully saturated rings. The molecule has 1 nitrogen and oxygen atoms in total. The molecule has 0 spiro atoms. The Labute approximate surface area is 309 Å². The van der Waals surface area contributed by atoms with Crippen LogP contribution in [0.2, 0.25) is 0 Å². The van der Waals surface area contributed by atoms with Crippen LogP contribution >= 0.6 is 0 Å². The number of fused-ring (bicyclic) bond motifs is 6. The monoisotopic (exact) mass is 673 g/mol. The van der Waals surface area contributed by atoms with Gasteiger partial charge in [0.1, 0.15) is 0 Å². The predicted octanol–water partition coefficient (Wildman–Crippen LogP) is 14.8. The fourth-order valence-corrected chi connectivity index (χ4v) is 7.98. The van der Waals surface area contributed by atoms with Crippen LogP contribution in [0.5, 0.6) is 0 Å². The largest absolute Gasteiger partial charge is 0.310 e. The summed E-state index contributed by atoms with van der Waals surface area (Å²) in [4.78, 5) is 2.37. The Morgan fingerprint density at radius 1 is 0.245 bits per heavy atom. The van der Waals surface area contributed by atoms with Crippen LogP contribution in [-0.2, 0) is 0 Å². The molecule has 0 saturated heterocycles. The molecule has 0 heterocycles. The Morgan fingerprint density at radius 3 is 1.55 bits per heavy atom. The number of hydrogen-bond acceptors (Lipinski definition) is 1. The van der Waals surface area contributed by atoms with Crippen LogP contribution in [0.3, 0.4) is 0 Å². The summed E-state index contributed by atoms with van der Waals surface area (Å²) in [6.45, 7) is 0. The van der Waals surface area contributed by atoms with Gasteiger partial charge in [-0.1, -0.05) is 164 Å². The highest BCUT2D eigenvalue weighted by Crippen LogP contribution is 2.41. The van der Waals surface area contributed by atoms with E-state index in [1.165, 1.54) is 76.5 Å². The molecule has 0 aliphatic rings. The van der Waals surface area contributed by atoms with Gasteiger partial charge in [-0.2, -0.15) is 0 Å². The van der Waals surface area contributed by atoms with Crippen LogP contribution in [0, 0.1) is 0 Å². The van der Waals surface area contributed by atoms with E-state index < -0.39 is 0 Å². The molecule has 10 rings (SSSR count). The van der Waals surface area contributed by atoms with E-state index in [0.29, 0.717) is 0 Å². The minimum absolute atomic E-state index is 1.11. The quantitative estimate of drug-likeness (QED) is 0.159. The smallest absolute Gasteiger partial charge is 0.0467 e. The van der Waals surface area contributed by atoms with Gasteiger partial charge in [0.05, 0.1) is 0 Å². The lowest BCUT2D eigenvalue weighted by molar-refractivity contribution is 1.28. The average molecular weight is 674 g/mol. The summed E-state index contributed by atoms with van der Waals surface area (Å²) < 4.78 is 0. The van der Waals surface area contributed by atoms with Gasteiger partial charge < -0.3 is 4.90 Å². The molecule has 1 heteroatoms. The van der Waals surface area contributed by atoms with Gasteiger partial charge in [-0.15, -0.1) is 0 Å². The third-order valence-electron chi connectivity index (χ3n) is 10.6. The molecule has 0 bridgehead atoms. The summed E-state index contributed by atoms with van der Waals surface area (Å²) in [6.07, 6.45) is 0. The van der Waals surface area contributed by atoms with Gasteiger partial charge in [0, 0.05) is 17.1 Å². The summed E-state index contributed by atoms with van der Waals surface area (Å²) >= 11 is 0. The Kier molecular flexibility index (Phi) is 7.55. The van der Waals surface area contributed by atoms with Crippen molar-refractivity contribution in [1.82, 2.24) is 0 Å². The topological polar surface area (TPSA) is 3.24 Å². The van der Waals surface area contributed by atoms with Gasteiger partial charge in [0.25, 0.3) is 0 Å². The molecule has 0 aliphatic heterocycles. The van der Waals surface area contributed by atoms with Gasteiger partial charge in [0.2, 0.25) is 0 Å². The van der Waals surface area contributed by atoms with Gasteiger partial charge >= 0.3 is 0 Å². The van der Waals surface area contributed by atoms with E-state index in [9.17, 15) is 0 Å². The minimum atomic E-state index is 1.11. The van der Waals surface area contributed by atoms with Crippen LogP contribution in [0.15, 0.2) is 212 Å². The highest BCUT2D eigenvalue weighted by Gasteiger charge is 2.16. The molecule has 10 aromatic rings. The maximum Gasteiger partial charge on any atom is 0.0467 e. The number of benzene rings is 10. The molecule has 53 heavy (non-hydrogen) atoms. The van der Waals surface area contributed by atoms with E-state index in [2.05, 4.69) is 217 Å². The summed E-state index contributed by atoms with van der Waals surface area (Å²) in [7, 11) is 0. The Morgan fingerprint density at radius 2 is 0.774 bits per heavy atom. The maximum atomic E-state index is 2.37. The lowest BCUT2D eigenvalue weighted by Gasteiger charge is -2.26. The highest BCUT2D eigenvalue weighted by molar-refractivity contribution is 6.23. The van der Waals surface area contributed by atoms with Crippen molar-refractivity contribution < 1.29 is 0 Å². The lowest BCUT2D eigenvalue weighted by atomic mass is 9.90. The molecule has 248 valence electrons. The molecule has 0 aliphatic carbocycles. The molecule has 0 atom stereocenters. The normalized spacial score (nSPS) is 11.4. The van der Waals surface area contributed by atoms with Gasteiger partial charge in [0.15, 0.2) is 0 Å². The Balaban J connectivity index is 1.08. The van der Waals surface area contributed by atoms with Crippen LogP contribution in [0.4, 0.5) is 17.1 Å². The second-order valence-electron chi connectivity index (χ2n) is 13.8. The van der Waals surface area contributed by atoms with E-state index in [1.807, 2.05) is 0 Å². The minimum Gasteiger partial charge on any atom is -0.310 e. The van der Waals surface area contributed by atoms with Crippen LogP contribution < -0.4 is 4.90 Å². The first-order chi connectivity index (χ1) is 26.3. The molecule has 0 N–H and O–H groups in total. The van der Waals surface area contributed by atoms with Crippen LogP contribution in [-0.4, -0.2) is 0 Å².